The molecule has 5 nitrogen and oxygen atoms in total. The third kappa shape index (κ3) is 8.73. The minimum absolute atomic E-state index is 0.162. The smallest absolute Gasteiger partial charge is 0.338 e. The molecule has 0 saturated carbocycles. The highest BCUT2D eigenvalue weighted by Gasteiger charge is 2.31. The maximum Gasteiger partial charge on any atom is 0.338 e. The van der Waals surface area contributed by atoms with Gasteiger partial charge in [0.2, 0.25) is 0 Å². The maximum absolute atomic E-state index is 14.0. The molecule has 1 aromatic carbocycles. The lowest BCUT2D eigenvalue weighted by atomic mass is 10.1. The van der Waals surface area contributed by atoms with Crippen molar-refractivity contribution in [2.75, 3.05) is 20.3 Å². The quantitative estimate of drug-likeness (QED) is 0.372. The number of hydroxylamine groups is 1. The third-order valence-electron chi connectivity index (χ3n) is 3.02. The van der Waals surface area contributed by atoms with Gasteiger partial charge in [-0.15, -0.1) is 0 Å². The van der Waals surface area contributed by atoms with Crippen molar-refractivity contribution in [1.82, 2.24) is 10.8 Å². The van der Waals surface area contributed by atoms with Crippen LogP contribution in [0.4, 0.5) is 4.39 Å². The molecule has 0 amide bonds. The van der Waals surface area contributed by atoms with E-state index < -0.39 is 10.6 Å². The van der Waals surface area contributed by atoms with Crippen LogP contribution in [-0.2, 0) is 16.1 Å². The Morgan fingerprint density at radius 3 is 2.38 bits per heavy atom. The van der Waals surface area contributed by atoms with Crippen LogP contribution in [0.5, 0.6) is 0 Å². The number of nitrogens with one attached hydrogen (secondary N) is 2. The molecule has 2 unspecified atom stereocenters. The fourth-order valence-electron chi connectivity index (χ4n) is 1.77. The van der Waals surface area contributed by atoms with Crippen molar-refractivity contribution >= 4 is 21.9 Å². The van der Waals surface area contributed by atoms with E-state index in [0.29, 0.717) is 18.7 Å². The summed E-state index contributed by atoms with van der Waals surface area (Å²) >= 11 is 3.00. The molecule has 0 aliphatic carbocycles. The van der Waals surface area contributed by atoms with Crippen LogP contribution in [-0.4, -0.2) is 36.9 Å². The van der Waals surface area contributed by atoms with E-state index in [2.05, 4.69) is 26.7 Å². The monoisotopic (exact) mass is 406 g/mol. The molecule has 0 saturated heterocycles. The van der Waals surface area contributed by atoms with Crippen LogP contribution in [0.2, 0.25) is 0 Å². The summed E-state index contributed by atoms with van der Waals surface area (Å²) in [7, 11) is 1.62. The SMILES string of the molecule is CC.CCOC(=O)c1ccc(CNC(CONC)C(C)(F)Br)cc1. The summed E-state index contributed by atoms with van der Waals surface area (Å²) in [5.74, 6) is -0.348. The summed E-state index contributed by atoms with van der Waals surface area (Å²) in [6.07, 6.45) is 0. The molecule has 2 N–H and O–H groups in total. The topological polar surface area (TPSA) is 59.6 Å². The van der Waals surface area contributed by atoms with Crippen LogP contribution in [0.3, 0.4) is 0 Å². The second-order valence-electron chi connectivity index (χ2n) is 4.82. The molecule has 0 aliphatic heterocycles. The minimum atomic E-state index is -1.60. The maximum atomic E-state index is 14.0. The van der Waals surface area contributed by atoms with Gasteiger partial charge in [-0.1, -0.05) is 26.0 Å². The summed E-state index contributed by atoms with van der Waals surface area (Å²) in [6.45, 7) is 8.14. The Labute approximate surface area is 152 Å². The summed E-state index contributed by atoms with van der Waals surface area (Å²) in [5, 5.41) is 3.08. The van der Waals surface area contributed by atoms with E-state index in [-0.39, 0.29) is 12.6 Å². The summed E-state index contributed by atoms with van der Waals surface area (Å²) in [6, 6.07) is 6.45. The van der Waals surface area contributed by atoms with Gasteiger partial charge in [-0.3, -0.25) is 0 Å². The Morgan fingerprint density at radius 2 is 1.92 bits per heavy atom. The first-order valence-corrected chi connectivity index (χ1v) is 8.83. The van der Waals surface area contributed by atoms with Gasteiger partial charge in [0.25, 0.3) is 0 Å². The zero-order chi connectivity index (χ0) is 18.6. The molecule has 0 aromatic heterocycles. The molecule has 1 aromatic rings. The summed E-state index contributed by atoms with van der Waals surface area (Å²) in [5.41, 5.74) is 3.95. The number of rotatable bonds is 9. The number of carbonyl (C=O) groups excluding carboxylic acids is 1. The van der Waals surface area contributed by atoms with Crippen molar-refractivity contribution in [1.29, 1.82) is 0 Å². The van der Waals surface area contributed by atoms with Crippen molar-refractivity contribution in [2.24, 2.45) is 0 Å². The largest absolute Gasteiger partial charge is 0.462 e. The first-order chi connectivity index (χ1) is 11.4. The molecular formula is C17H28BrFN2O3. The Hall–Kier alpha value is -1.02. The van der Waals surface area contributed by atoms with Gasteiger partial charge >= 0.3 is 5.97 Å². The molecule has 2 atom stereocenters. The number of ether oxygens (including phenoxy) is 1. The van der Waals surface area contributed by atoms with Gasteiger partial charge in [-0.2, -0.15) is 0 Å². The van der Waals surface area contributed by atoms with Crippen LogP contribution in [0.15, 0.2) is 24.3 Å². The van der Waals surface area contributed by atoms with Gasteiger partial charge in [0.05, 0.1) is 24.8 Å². The first-order valence-electron chi connectivity index (χ1n) is 8.04. The van der Waals surface area contributed by atoms with Crippen LogP contribution in [0, 0.1) is 0 Å². The zero-order valence-corrected chi connectivity index (χ0v) is 16.6. The number of carbonyl (C=O) groups is 1. The molecule has 0 bridgehead atoms. The molecule has 1 rings (SSSR count). The van der Waals surface area contributed by atoms with Gasteiger partial charge in [0.1, 0.15) is 0 Å². The number of hydrogen-bond donors (Lipinski definition) is 2. The van der Waals surface area contributed by atoms with E-state index in [1.807, 2.05) is 13.8 Å². The number of esters is 1. The van der Waals surface area contributed by atoms with E-state index in [1.54, 1.807) is 38.2 Å². The lowest BCUT2D eigenvalue weighted by Crippen LogP contribution is -2.46. The zero-order valence-electron chi connectivity index (χ0n) is 15.0. The van der Waals surface area contributed by atoms with Crippen LogP contribution < -0.4 is 10.8 Å². The lowest BCUT2D eigenvalue weighted by Gasteiger charge is -2.26. The number of benzene rings is 1. The Balaban J connectivity index is 0.00000254. The predicted molar refractivity (Wildman–Crippen MR) is 97.8 cm³/mol. The first kappa shape index (κ1) is 23.0. The summed E-state index contributed by atoms with van der Waals surface area (Å²) in [4.78, 5) is 16.6. The highest BCUT2D eigenvalue weighted by atomic mass is 79.9. The predicted octanol–water partition coefficient (Wildman–Crippen LogP) is 3.58. The molecule has 0 heterocycles. The second kappa shape index (κ2) is 12.4. The standard InChI is InChI=1S/C15H22BrFN2O3.C2H6/c1-4-21-14(20)12-7-5-11(6-8-12)9-19-13(10-22-18-3)15(2,16)17;1-2/h5-8,13,18-19H,4,9-10H2,1-3H3;1-2H3. The van der Waals surface area contributed by atoms with E-state index in [0.717, 1.165) is 5.56 Å². The number of hydrogen-bond acceptors (Lipinski definition) is 5. The van der Waals surface area contributed by atoms with Gasteiger partial charge in [0, 0.05) is 13.6 Å². The van der Waals surface area contributed by atoms with Gasteiger partial charge in [0.15, 0.2) is 4.58 Å². The van der Waals surface area contributed by atoms with Gasteiger partial charge < -0.3 is 14.9 Å². The highest BCUT2D eigenvalue weighted by Crippen LogP contribution is 2.24. The third-order valence-corrected chi connectivity index (χ3v) is 3.58. The fourth-order valence-corrected chi connectivity index (χ4v) is 2.06. The average molecular weight is 407 g/mol. The van der Waals surface area contributed by atoms with Crippen LogP contribution in [0.25, 0.3) is 0 Å². The lowest BCUT2D eigenvalue weighted by molar-refractivity contribution is 0.0215. The molecule has 0 fully saturated rings. The molecule has 0 spiro atoms. The van der Waals surface area contributed by atoms with Crippen molar-refractivity contribution < 1.29 is 18.8 Å². The Bertz CT molecular complexity index is 464. The van der Waals surface area contributed by atoms with Gasteiger partial charge in [-0.05, 0) is 47.5 Å². The van der Waals surface area contributed by atoms with E-state index in [4.69, 9.17) is 9.57 Å². The summed E-state index contributed by atoms with van der Waals surface area (Å²) < 4.78 is 17.3. The molecule has 138 valence electrons. The van der Waals surface area contributed by atoms with Crippen molar-refractivity contribution in [3.63, 3.8) is 0 Å². The Morgan fingerprint density at radius 1 is 1.33 bits per heavy atom. The number of alkyl halides is 2. The van der Waals surface area contributed by atoms with Gasteiger partial charge in [-0.25, -0.2) is 14.7 Å². The molecular weight excluding hydrogens is 379 g/mol. The normalized spacial score (nSPS) is 14.1. The van der Waals surface area contributed by atoms with E-state index in [1.165, 1.54) is 6.92 Å². The minimum Gasteiger partial charge on any atom is -0.462 e. The van der Waals surface area contributed by atoms with Crippen LogP contribution >= 0.6 is 15.9 Å². The fraction of sp³-hybridized carbons (Fsp3) is 0.588. The highest BCUT2D eigenvalue weighted by molar-refractivity contribution is 9.10. The molecule has 0 radical (unpaired) electrons. The van der Waals surface area contributed by atoms with Crippen molar-refractivity contribution in [2.45, 2.75) is 44.9 Å². The molecule has 0 aliphatic rings. The average Bonchev–Trinajstić information content (AvgIpc) is 2.56. The van der Waals surface area contributed by atoms with Crippen molar-refractivity contribution in [3.05, 3.63) is 35.4 Å². The van der Waals surface area contributed by atoms with E-state index >= 15 is 0 Å². The van der Waals surface area contributed by atoms with Crippen molar-refractivity contribution in [3.8, 4) is 0 Å². The second-order valence-corrected chi connectivity index (χ2v) is 6.37. The number of halogens is 2. The Kier molecular flexibility index (Phi) is 11.8. The van der Waals surface area contributed by atoms with E-state index in [9.17, 15) is 9.18 Å². The molecule has 24 heavy (non-hydrogen) atoms. The van der Waals surface area contributed by atoms with Crippen LogP contribution in [0.1, 0.15) is 43.6 Å². The molecule has 7 heteroatoms.